The van der Waals surface area contributed by atoms with Crippen molar-refractivity contribution >= 4 is 29.5 Å². The molecule has 31 heavy (non-hydrogen) atoms. The first kappa shape index (κ1) is 19.3. The van der Waals surface area contributed by atoms with E-state index >= 15 is 0 Å². The molecule has 0 saturated carbocycles. The molecule has 3 aliphatic rings. The smallest absolute Gasteiger partial charge is 0.418 e. The van der Waals surface area contributed by atoms with Crippen LogP contribution in [0.3, 0.4) is 0 Å². The number of para-hydroxylation sites is 2. The van der Waals surface area contributed by atoms with Crippen molar-refractivity contribution in [2.24, 2.45) is 0 Å². The molecule has 2 spiro atoms. The minimum absolute atomic E-state index is 0.110. The summed E-state index contributed by atoms with van der Waals surface area (Å²) in [7, 11) is 2.69. The van der Waals surface area contributed by atoms with Gasteiger partial charge in [0.15, 0.2) is 11.7 Å². The molecule has 3 aliphatic heterocycles. The summed E-state index contributed by atoms with van der Waals surface area (Å²) in [6.07, 6.45) is -3.31. The van der Waals surface area contributed by atoms with Crippen LogP contribution in [-0.4, -0.2) is 32.2 Å². The Bertz CT molecular complexity index is 1220. The minimum atomic E-state index is -4.74. The third kappa shape index (κ3) is 1.92. The molecule has 2 atom stereocenters. The van der Waals surface area contributed by atoms with Gasteiger partial charge in [0.25, 0.3) is 5.91 Å². The number of rotatable bonds is 1. The van der Waals surface area contributed by atoms with Crippen LogP contribution in [0.25, 0.3) is 0 Å². The third-order valence-corrected chi connectivity index (χ3v) is 6.41. The van der Waals surface area contributed by atoms with Crippen molar-refractivity contribution in [3.8, 4) is 0 Å². The van der Waals surface area contributed by atoms with Gasteiger partial charge in [0.05, 0.1) is 23.1 Å². The molecule has 0 N–H and O–H groups in total. The Kier molecular flexibility index (Phi) is 3.59. The summed E-state index contributed by atoms with van der Waals surface area (Å²) in [5.41, 5.74) is -5.00. The summed E-state index contributed by atoms with van der Waals surface area (Å²) >= 11 is 0. The number of hydrogen-bond donors (Lipinski definition) is 0. The second-order valence-electron chi connectivity index (χ2n) is 7.69. The van der Waals surface area contributed by atoms with Crippen LogP contribution in [-0.2, 0) is 36.3 Å². The zero-order valence-electron chi connectivity index (χ0n) is 16.4. The lowest BCUT2D eigenvalue weighted by Crippen LogP contribution is -2.58. The molecule has 0 radical (unpaired) electrons. The molecule has 158 valence electrons. The van der Waals surface area contributed by atoms with Crippen LogP contribution >= 0.6 is 0 Å². The van der Waals surface area contributed by atoms with Gasteiger partial charge in [-0.15, -0.1) is 0 Å². The Morgan fingerprint density at radius 1 is 0.935 bits per heavy atom. The van der Waals surface area contributed by atoms with Crippen molar-refractivity contribution in [2.75, 3.05) is 23.9 Å². The van der Waals surface area contributed by atoms with Gasteiger partial charge in [0, 0.05) is 30.9 Å². The van der Waals surface area contributed by atoms with Crippen LogP contribution in [0.4, 0.5) is 24.5 Å². The molecule has 6 nitrogen and oxygen atoms in total. The quantitative estimate of drug-likeness (QED) is 0.656. The predicted molar refractivity (Wildman–Crippen MR) is 103 cm³/mol. The van der Waals surface area contributed by atoms with Gasteiger partial charge in [0.2, 0.25) is 11.5 Å². The standard InChI is InChI=1S/C22H15F3N2O4/c1-26-16-9-4-3-6-13(16)20(18(26)29)12(10-28)11-31-21(20)14-7-5-8-15(22(23,24)25)17(14)27(2)19(21)30/h3-11H,1-2H3. The summed E-state index contributed by atoms with van der Waals surface area (Å²) < 4.78 is 47.2. The van der Waals surface area contributed by atoms with E-state index in [1.165, 1.54) is 31.1 Å². The van der Waals surface area contributed by atoms with E-state index in [0.717, 1.165) is 17.2 Å². The van der Waals surface area contributed by atoms with E-state index in [-0.39, 0.29) is 16.8 Å². The molecule has 0 fully saturated rings. The number of fused-ring (bicyclic) bond motifs is 5. The molecule has 0 aliphatic carbocycles. The van der Waals surface area contributed by atoms with Gasteiger partial charge in [-0.3, -0.25) is 14.4 Å². The van der Waals surface area contributed by atoms with E-state index < -0.39 is 34.6 Å². The number of carbonyl (C=O) groups is 3. The number of nitrogens with zero attached hydrogens (tertiary/aromatic N) is 2. The number of ether oxygens (including phenoxy) is 1. The Balaban J connectivity index is 1.92. The summed E-state index contributed by atoms with van der Waals surface area (Å²) in [5, 5.41) is 0. The SMILES string of the molecule is CN1C(=O)C2(C(C=O)=COC23C(=O)N(C)c2c(C(F)(F)F)cccc23)c2ccccc21. The highest BCUT2D eigenvalue weighted by atomic mass is 19.4. The minimum Gasteiger partial charge on any atom is -0.478 e. The number of halogens is 3. The highest BCUT2D eigenvalue weighted by Gasteiger charge is 2.76. The normalized spacial score (nSPS) is 26.4. The highest BCUT2D eigenvalue weighted by Crippen LogP contribution is 2.64. The molecule has 5 rings (SSSR count). The van der Waals surface area contributed by atoms with E-state index in [2.05, 4.69) is 0 Å². The number of anilines is 2. The molecule has 0 saturated heterocycles. The summed E-state index contributed by atoms with van der Waals surface area (Å²) in [4.78, 5) is 41.6. The highest BCUT2D eigenvalue weighted by molar-refractivity contribution is 6.22. The Morgan fingerprint density at radius 3 is 2.29 bits per heavy atom. The zero-order chi connectivity index (χ0) is 22.3. The number of amides is 2. The molecule has 2 aromatic rings. The van der Waals surface area contributed by atoms with E-state index in [4.69, 9.17) is 4.74 Å². The van der Waals surface area contributed by atoms with Crippen molar-refractivity contribution in [1.29, 1.82) is 0 Å². The monoisotopic (exact) mass is 428 g/mol. The van der Waals surface area contributed by atoms with Gasteiger partial charge in [-0.25, -0.2) is 0 Å². The number of carbonyl (C=O) groups excluding carboxylic acids is 3. The lowest BCUT2D eigenvalue weighted by molar-refractivity contribution is -0.147. The van der Waals surface area contributed by atoms with E-state index in [9.17, 15) is 27.6 Å². The first-order valence-corrected chi connectivity index (χ1v) is 9.34. The van der Waals surface area contributed by atoms with Crippen LogP contribution < -0.4 is 9.80 Å². The average molecular weight is 428 g/mol. The second-order valence-corrected chi connectivity index (χ2v) is 7.69. The van der Waals surface area contributed by atoms with E-state index in [1.807, 2.05) is 0 Å². The number of hydrogen-bond acceptors (Lipinski definition) is 4. The first-order chi connectivity index (χ1) is 14.6. The second kappa shape index (κ2) is 5.75. The first-order valence-electron chi connectivity index (χ1n) is 9.34. The van der Waals surface area contributed by atoms with Gasteiger partial charge in [-0.1, -0.05) is 30.3 Å². The van der Waals surface area contributed by atoms with Crippen molar-refractivity contribution in [3.05, 3.63) is 71.0 Å². The maximum atomic E-state index is 13.8. The summed E-state index contributed by atoms with van der Waals surface area (Å²) in [6, 6.07) is 9.93. The maximum absolute atomic E-state index is 13.8. The lowest BCUT2D eigenvalue weighted by atomic mass is 9.62. The molecule has 0 aromatic heterocycles. The Hall–Kier alpha value is -3.62. The van der Waals surface area contributed by atoms with Gasteiger partial charge in [0.1, 0.15) is 0 Å². The van der Waals surface area contributed by atoms with Crippen LogP contribution in [0.5, 0.6) is 0 Å². The van der Waals surface area contributed by atoms with Crippen molar-refractivity contribution in [2.45, 2.75) is 17.2 Å². The van der Waals surface area contributed by atoms with Crippen molar-refractivity contribution in [1.82, 2.24) is 0 Å². The van der Waals surface area contributed by atoms with Gasteiger partial charge in [-0.05, 0) is 12.1 Å². The molecule has 2 amide bonds. The van der Waals surface area contributed by atoms with Crippen LogP contribution in [0.1, 0.15) is 16.7 Å². The fourth-order valence-corrected chi connectivity index (χ4v) is 5.17. The van der Waals surface area contributed by atoms with Crippen molar-refractivity contribution in [3.63, 3.8) is 0 Å². The van der Waals surface area contributed by atoms with Gasteiger partial charge < -0.3 is 14.5 Å². The van der Waals surface area contributed by atoms with Crippen LogP contribution in [0.2, 0.25) is 0 Å². The number of aldehydes is 1. The van der Waals surface area contributed by atoms with E-state index in [0.29, 0.717) is 17.5 Å². The zero-order valence-corrected chi connectivity index (χ0v) is 16.4. The molecule has 2 unspecified atom stereocenters. The number of alkyl halides is 3. The van der Waals surface area contributed by atoms with Crippen LogP contribution in [0, 0.1) is 0 Å². The Labute approximate surface area is 174 Å². The topological polar surface area (TPSA) is 66.9 Å². The largest absolute Gasteiger partial charge is 0.478 e. The van der Waals surface area contributed by atoms with Gasteiger partial charge >= 0.3 is 6.18 Å². The fraction of sp³-hybridized carbons (Fsp3) is 0.227. The average Bonchev–Trinajstić information content (AvgIpc) is 3.29. The van der Waals surface area contributed by atoms with E-state index in [1.54, 1.807) is 24.3 Å². The maximum Gasteiger partial charge on any atom is 0.418 e. The van der Waals surface area contributed by atoms with Gasteiger partial charge in [-0.2, -0.15) is 13.2 Å². The van der Waals surface area contributed by atoms with Crippen molar-refractivity contribution < 1.29 is 32.3 Å². The molecular weight excluding hydrogens is 413 g/mol. The lowest BCUT2D eigenvalue weighted by Gasteiger charge is -2.37. The molecule has 9 heteroatoms. The molecule has 2 aromatic carbocycles. The Morgan fingerprint density at radius 2 is 1.61 bits per heavy atom. The number of likely N-dealkylation sites (N-methyl/N-ethyl adjacent to an activating group) is 2. The molecule has 3 heterocycles. The molecular formula is C22H15F3N2O4. The summed E-state index contributed by atoms with van der Waals surface area (Å²) in [6.45, 7) is 0. The number of benzene rings is 2. The molecule has 0 bridgehead atoms. The third-order valence-electron chi connectivity index (χ3n) is 6.41. The predicted octanol–water partition coefficient (Wildman–Crippen LogP) is 2.90. The fourth-order valence-electron chi connectivity index (χ4n) is 5.17. The van der Waals surface area contributed by atoms with Crippen LogP contribution in [0.15, 0.2) is 54.3 Å². The summed E-state index contributed by atoms with van der Waals surface area (Å²) in [5.74, 6) is -1.48.